The molecule has 0 unspecified atom stereocenters. The lowest BCUT2D eigenvalue weighted by molar-refractivity contribution is 0.0787. The number of aliphatic hydroxyl groups is 1. The van der Waals surface area contributed by atoms with Crippen molar-refractivity contribution in [1.29, 1.82) is 0 Å². The third kappa shape index (κ3) is 2.68. The van der Waals surface area contributed by atoms with E-state index in [1.807, 2.05) is 39.2 Å². The average molecular weight is 334 g/mol. The van der Waals surface area contributed by atoms with Crippen molar-refractivity contribution in [2.45, 2.75) is 26.4 Å². The molecule has 23 heavy (non-hydrogen) atoms. The molecule has 0 bridgehead atoms. The molecule has 1 aromatic carbocycles. The first-order chi connectivity index (χ1) is 10.7. The predicted octanol–water partition coefficient (Wildman–Crippen LogP) is 3.24. The van der Waals surface area contributed by atoms with Crippen LogP contribution in [0.1, 0.15) is 25.1 Å². The number of hydrogen-bond acceptors (Lipinski definition) is 4. The summed E-state index contributed by atoms with van der Waals surface area (Å²) in [6.07, 6.45) is 0. The van der Waals surface area contributed by atoms with Gasteiger partial charge in [-0.2, -0.15) is 10.2 Å². The summed E-state index contributed by atoms with van der Waals surface area (Å²) in [5.41, 5.74) is 1.76. The lowest BCUT2D eigenvalue weighted by atomic mass is 9.97. The Morgan fingerprint density at radius 2 is 1.78 bits per heavy atom. The summed E-state index contributed by atoms with van der Waals surface area (Å²) in [7, 11) is 3.71. The fourth-order valence-corrected chi connectivity index (χ4v) is 2.71. The lowest BCUT2D eigenvalue weighted by Gasteiger charge is -2.17. The highest BCUT2D eigenvalue weighted by molar-refractivity contribution is 6.33. The number of fused-ring (bicyclic) bond motifs is 1. The first-order valence-corrected chi connectivity index (χ1v) is 7.72. The van der Waals surface area contributed by atoms with E-state index in [1.54, 1.807) is 23.2 Å². The number of anilines is 2. The Bertz CT molecular complexity index is 888. The largest absolute Gasteiger partial charge is 0.386 e. The van der Waals surface area contributed by atoms with Crippen molar-refractivity contribution >= 4 is 34.1 Å². The molecule has 0 aliphatic rings. The summed E-state index contributed by atoms with van der Waals surface area (Å²) in [4.78, 5) is 0. The Morgan fingerprint density at radius 3 is 2.35 bits per heavy atom. The van der Waals surface area contributed by atoms with Gasteiger partial charge in [0.15, 0.2) is 11.6 Å². The monoisotopic (exact) mass is 333 g/mol. The second-order valence-corrected chi connectivity index (χ2v) is 6.64. The normalized spacial score (nSPS) is 12.1. The van der Waals surface area contributed by atoms with Crippen molar-refractivity contribution in [1.82, 2.24) is 19.6 Å². The fraction of sp³-hybridized carbons (Fsp3) is 0.375. The number of benzene rings is 1. The molecule has 6 nitrogen and oxygen atoms in total. The van der Waals surface area contributed by atoms with E-state index in [-0.39, 0.29) is 0 Å². The smallest absolute Gasteiger partial charge is 0.172 e. The maximum atomic E-state index is 10.2. The minimum atomic E-state index is -0.895. The molecule has 3 aromatic rings. The van der Waals surface area contributed by atoms with Gasteiger partial charge in [-0.15, -0.1) is 0 Å². The molecule has 0 saturated carbocycles. The molecule has 0 radical (unpaired) electrons. The van der Waals surface area contributed by atoms with Crippen molar-refractivity contribution in [3.8, 4) is 0 Å². The van der Waals surface area contributed by atoms with Crippen LogP contribution in [0, 0.1) is 6.92 Å². The van der Waals surface area contributed by atoms with Crippen LogP contribution in [0.2, 0.25) is 5.02 Å². The van der Waals surface area contributed by atoms with Gasteiger partial charge >= 0.3 is 0 Å². The molecule has 122 valence electrons. The zero-order valence-electron chi connectivity index (χ0n) is 13.8. The van der Waals surface area contributed by atoms with Crippen LogP contribution >= 0.6 is 11.6 Å². The lowest BCUT2D eigenvalue weighted by Crippen LogP contribution is -2.15. The number of halogens is 1. The second-order valence-electron chi connectivity index (χ2n) is 6.26. The van der Waals surface area contributed by atoms with E-state index >= 15 is 0 Å². The molecule has 0 aliphatic carbocycles. The topological polar surface area (TPSA) is 67.9 Å². The zero-order valence-corrected chi connectivity index (χ0v) is 14.6. The molecule has 2 N–H and O–H groups in total. The molecule has 0 amide bonds. The highest BCUT2D eigenvalue weighted by Crippen LogP contribution is 2.32. The molecule has 2 aromatic heterocycles. The molecule has 7 heteroatoms. The van der Waals surface area contributed by atoms with E-state index in [0.717, 1.165) is 22.2 Å². The quantitative estimate of drug-likeness (QED) is 0.772. The van der Waals surface area contributed by atoms with Gasteiger partial charge in [0.2, 0.25) is 0 Å². The standard InChI is InChI=1S/C16H20ClN5O/c1-9-13(17)15(20-21(9)4)18-14-11-7-6-10(16(2,3)23)8-12(11)22(5)19-14/h6-8,23H,1-5H3,(H,18,19,20). The van der Waals surface area contributed by atoms with Crippen LogP contribution in [0.25, 0.3) is 10.9 Å². The molecule has 0 spiro atoms. The van der Waals surface area contributed by atoms with E-state index in [9.17, 15) is 5.11 Å². The Kier molecular flexibility index (Phi) is 3.61. The summed E-state index contributed by atoms with van der Waals surface area (Å²) in [6, 6.07) is 5.79. The van der Waals surface area contributed by atoms with Gasteiger partial charge in [0.05, 0.1) is 16.8 Å². The molecule has 0 saturated heterocycles. The second kappa shape index (κ2) is 5.25. The SMILES string of the molecule is Cc1c(Cl)c(Nc2nn(C)c3cc(C(C)(C)O)ccc23)nn1C. The maximum Gasteiger partial charge on any atom is 0.172 e. The number of rotatable bonds is 3. The fourth-order valence-electron chi connectivity index (χ4n) is 2.50. The number of aromatic nitrogens is 4. The molecule has 2 heterocycles. The minimum absolute atomic E-state index is 0.582. The summed E-state index contributed by atoms with van der Waals surface area (Å²) in [6.45, 7) is 5.44. The van der Waals surface area contributed by atoms with Gasteiger partial charge in [-0.3, -0.25) is 9.36 Å². The number of aryl methyl sites for hydroxylation is 2. The highest BCUT2D eigenvalue weighted by atomic mass is 35.5. The Balaban J connectivity index is 2.07. The zero-order chi connectivity index (χ0) is 16.9. The van der Waals surface area contributed by atoms with Crippen LogP contribution in [0.5, 0.6) is 0 Å². The molecular weight excluding hydrogens is 314 g/mol. The van der Waals surface area contributed by atoms with Gasteiger partial charge in [-0.25, -0.2) is 0 Å². The number of hydrogen-bond donors (Lipinski definition) is 2. The molecular formula is C16H20ClN5O. The summed E-state index contributed by atoms with van der Waals surface area (Å²) in [5.74, 6) is 1.27. The van der Waals surface area contributed by atoms with Gasteiger partial charge in [0.1, 0.15) is 5.02 Å². The van der Waals surface area contributed by atoms with Gasteiger partial charge in [0, 0.05) is 19.5 Å². The van der Waals surface area contributed by atoms with E-state index in [2.05, 4.69) is 15.5 Å². The predicted molar refractivity (Wildman–Crippen MR) is 92.2 cm³/mol. The van der Waals surface area contributed by atoms with Crippen molar-refractivity contribution < 1.29 is 5.11 Å². The Labute approximate surface area is 139 Å². The summed E-state index contributed by atoms with van der Waals surface area (Å²) in [5, 5.41) is 23.8. The summed E-state index contributed by atoms with van der Waals surface area (Å²) < 4.78 is 3.50. The van der Waals surface area contributed by atoms with Crippen LogP contribution in [-0.2, 0) is 19.7 Å². The van der Waals surface area contributed by atoms with Gasteiger partial charge in [-0.1, -0.05) is 17.7 Å². The van der Waals surface area contributed by atoms with E-state index in [0.29, 0.717) is 16.7 Å². The van der Waals surface area contributed by atoms with E-state index < -0.39 is 5.60 Å². The van der Waals surface area contributed by atoms with Gasteiger partial charge in [-0.05, 0) is 38.5 Å². The van der Waals surface area contributed by atoms with Gasteiger partial charge < -0.3 is 10.4 Å². The van der Waals surface area contributed by atoms with E-state index in [4.69, 9.17) is 11.6 Å². The highest BCUT2D eigenvalue weighted by Gasteiger charge is 2.19. The first-order valence-electron chi connectivity index (χ1n) is 7.34. The third-order valence-electron chi connectivity index (χ3n) is 4.06. The van der Waals surface area contributed by atoms with Crippen molar-refractivity contribution in [2.24, 2.45) is 14.1 Å². The number of nitrogens with zero attached hydrogens (tertiary/aromatic N) is 4. The van der Waals surface area contributed by atoms with Crippen LogP contribution < -0.4 is 5.32 Å². The molecule has 0 fully saturated rings. The van der Waals surface area contributed by atoms with Crippen molar-refractivity contribution in [3.05, 3.63) is 34.5 Å². The van der Waals surface area contributed by atoms with Crippen molar-refractivity contribution in [3.63, 3.8) is 0 Å². The first kappa shape index (κ1) is 15.8. The third-order valence-corrected chi connectivity index (χ3v) is 4.51. The number of nitrogens with one attached hydrogen (secondary N) is 1. The van der Waals surface area contributed by atoms with Crippen molar-refractivity contribution in [2.75, 3.05) is 5.32 Å². The maximum absolute atomic E-state index is 10.2. The van der Waals surface area contributed by atoms with E-state index in [1.165, 1.54) is 0 Å². The Hall–Kier alpha value is -2.05. The average Bonchev–Trinajstić information content (AvgIpc) is 2.91. The van der Waals surface area contributed by atoms with Crippen LogP contribution in [0.3, 0.4) is 0 Å². The summed E-state index contributed by atoms with van der Waals surface area (Å²) >= 11 is 6.29. The molecule has 0 atom stereocenters. The van der Waals surface area contributed by atoms with Crippen LogP contribution in [0.4, 0.5) is 11.6 Å². The molecule has 3 rings (SSSR count). The Morgan fingerprint density at radius 1 is 1.13 bits per heavy atom. The van der Waals surface area contributed by atoms with Crippen LogP contribution in [-0.4, -0.2) is 24.7 Å². The molecule has 0 aliphatic heterocycles. The minimum Gasteiger partial charge on any atom is -0.386 e. The van der Waals surface area contributed by atoms with Gasteiger partial charge in [0.25, 0.3) is 0 Å². The van der Waals surface area contributed by atoms with Crippen LogP contribution in [0.15, 0.2) is 18.2 Å².